The van der Waals surface area contributed by atoms with Crippen LogP contribution in [0.4, 0.5) is 0 Å². The Hall–Kier alpha value is -0.120. The summed E-state index contributed by atoms with van der Waals surface area (Å²) in [6, 6.07) is 0. The molecule has 0 aromatic rings. The molecule has 2 rings (SSSR count). The van der Waals surface area contributed by atoms with E-state index in [1.165, 1.54) is 32.4 Å². The fraction of sp³-hybridized carbons (Fsp3) is 1.00. The third-order valence-electron chi connectivity index (χ3n) is 5.19. The van der Waals surface area contributed by atoms with Crippen LogP contribution in [-0.2, 0) is 4.74 Å². The molecule has 2 aliphatic rings. The first-order chi connectivity index (χ1) is 9.07. The predicted octanol–water partition coefficient (Wildman–Crippen LogP) is 2.79. The third kappa shape index (κ3) is 3.50. The van der Waals surface area contributed by atoms with Crippen molar-refractivity contribution in [1.82, 2.24) is 4.90 Å². The number of hydrogen-bond acceptors (Lipinski definition) is 3. The van der Waals surface area contributed by atoms with Crippen molar-refractivity contribution in [2.75, 3.05) is 26.2 Å². The van der Waals surface area contributed by atoms with Crippen molar-refractivity contribution in [1.29, 1.82) is 0 Å². The van der Waals surface area contributed by atoms with Gasteiger partial charge in [0.25, 0.3) is 0 Å². The molecule has 0 aromatic carbocycles. The van der Waals surface area contributed by atoms with Gasteiger partial charge in [0, 0.05) is 25.2 Å². The molecular weight excluding hydrogens is 236 g/mol. The lowest BCUT2D eigenvalue weighted by atomic mass is 9.77. The zero-order chi connectivity index (χ0) is 13.9. The van der Waals surface area contributed by atoms with E-state index in [1.807, 2.05) is 0 Å². The predicted molar refractivity (Wildman–Crippen MR) is 80.3 cm³/mol. The van der Waals surface area contributed by atoms with E-state index < -0.39 is 0 Å². The summed E-state index contributed by atoms with van der Waals surface area (Å²) < 4.78 is 6.04. The Morgan fingerprint density at radius 1 is 1.32 bits per heavy atom. The second-order valence-corrected chi connectivity index (χ2v) is 6.90. The molecule has 1 saturated heterocycles. The second-order valence-electron chi connectivity index (χ2n) is 6.90. The zero-order valence-corrected chi connectivity index (χ0v) is 13.1. The molecule has 0 aromatic heterocycles. The van der Waals surface area contributed by atoms with E-state index in [0.717, 1.165) is 38.3 Å². The van der Waals surface area contributed by atoms with Gasteiger partial charge in [0.2, 0.25) is 0 Å². The van der Waals surface area contributed by atoms with Gasteiger partial charge in [-0.25, -0.2) is 0 Å². The first-order valence-corrected chi connectivity index (χ1v) is 8.16. The summed E-state index contributed by atoms with van der Waals surface area (Å²) in [4.78, 5) is 2.71. The van der Waals surface area contributed by atoms with Crippen LogP contribution in [0.15, 0.2) is 0 Å². The van der Waals surface area contributed by atoms with E-state index >= 15 is 0 Å². The highest BCUT2D eigenvalue weighted by molar-refractivity contribution is 5.01. The lowest BCUT2D eigenvalue weighted by Gasteiger charge is -2.51. The molecule has 0 bridgehead atoms. The molecule has 19 heavy (non-hydrogen) atoms. The molecule has 3 nitrogen and oxygen atoms in total. The van der Waals surface area contributed by atoms with Gasteiger partial charge in [-0.2, -0.15) is 0 Å². The number of rotatable bonds is 7. The summed E-state index contributed by atoms with van der Waals surface area (Å²) >= 11 is 0. The Morgan fingerprint density at radius 3 is 2.58 bits per heavy atom. The van der Waals surface area contributed by atoms with Crippen LogP contribution in [0.1, 0.15) is 59.3 Å². The quantitative estimate of drug-likeness (QED) is 0.771. The molecule has 2 atom stereocenters. The average Bonchev–Trinajstić information content (AvgIpc) is 3.22. The molecule has 1 aliphatic carbocycles. The molecule has 112 valence electrons. The van der Waals surface area contributed by atoms with Crippen LogP contribution in [0.25, 0.3) is 0 Å². The van der Waals surface area contributed by atoms with Gasteiger partial charge in [-0.05, 0) is 57.9 Å². The summed E-state index contributed by atoms with van der Waals surface area (Å²) in [6.07, 6.45) is 7.34. The molecular formula is C16H32N2O. The maximum absolute atomic E-state index is 6.24. The second kappa shape index (κ2) is 6.11. The van der Waals surface area contributed by atoms with Crippen LogP contribution in [0.5, 0.6) is 0 Å². The monoisotopic (exact) mass is 268 g/mol. The number of hydrogen-bond donors (Lipinski definition) is 1. The Morgan fingerprint density at radius 2 is 2.05 bits per heavy atom. The maximum atomic E-state index is 6.24. The van der Waals surface area contributed by atoms with Crippen molar-refractivity contribution in [3.63, 3.8) is 0 Å². The van der Waals surface area contributed by atoms with Gasteiger partial charge in [-0.1, -0.05) is 13.8 Å². The van der Waals surface area contributed by atoms with Crippen LogP contribution < -0.4 is 5.73 Å². The van der Waals surface area contributed by atoms with Crippen LogP contribution in [0.3, 0.4) is 0 Å². The van der Waals surface area contributed by atoms with Gasteiger partial charge in [0.05, 0.1) is 5.60 Å². The zero-order valence-electron chi connectivity index (χ0n) is 13.1. The van der Waals surface area contributed by atoms with E-state index in [2.05, 4.69) is 25.7 Å². The molecule has 1 heterocycles. The third-order valence-corrected chi connectivity index (χ3v) is 5.19. The highest BCUT2D eigenvalue weighted by Gasteiger charge is 2.46. The Labute approximate surface area is 118 Å². The van der Waals surface area contributed by atoms with Crippen LogP contribution in [0, 0.1) is 5.92 Å². The van der Waals surface area contributed by atoms with Crippen molar-refractivity contribution in [2.24, 2.45) is 11.7 Å². The summed E-state index contributed by atoms with van der Waals surface area (Å²) in [7, 11) is 0. The lowest BCUT2D eigenvalue weighted by molar-refractivity contribution is -0.129. The maximum Gasteiger partial charge on any atom is 0.0670 e. The van der Waals surface area contributed by atoms with Gasteiger partial charge >= 0.3 is 0 Å². The van der Waals surface area contributed by atoms with Crippen molar-refractivity contribution < 1.29 is 4.74 Å². The fourth-order valence-electron chi connectivity index (χ4n) is 3.53. The van der Waals surface area contributed by atoms with Crippen LogP contribution in [0.2, 0.25) is 0 Å². The Bertz CT molecular complexity index is 292. The topological polar surface area (TPSA) is 38.5 Å². The summed E-state index contributed by atoms with van der Waals surface area (Å²) in [5.41, 5.74) is 6.45. The highest BCUT2D eigenvalue weighted by atomic mass is 16.5. The molecule has 2 N–H and O–H groups in total. The van der Waals surface area contributed by atoms with Gasteiger partial charge < -0.3 is 10.5 Å². The standard InChI is InChI=1S/C16H32N2O/c1-4-9-18(11-14-6-7-14)16(13-17)8-10-19-15(3,5-2)12-16/h14H,4-13,17H2,1-3H3. The Balaban J connectivity index is 2.12. The number of nitrogens with two attached hydrogens (primary N) is 1. The first kappa shape index (κ1) is 15.3. The average molecular weight is 268 g/mol. The molecule has 3 heteroatoms. The van der Waals surface area contributed by atoms with E-state index in [4.69, 9.17) is 10.5 Å². The number of nitrogens with zero attached hydrogens (tertiary/aromatic N) is 1. The molecule has 2 unspecified atom stereocenters. The first-order valence-electron chi connectivity index (χ1n) is 8.16. The summed E-state index contributed by atoms with van der Waals surface area (Å²) in [5.74, 6) is 0.936. The SMILES string of the molecule is CCCN(CC1CC1)C1(CN)CCOC(C)(CC)C1. The van der Waals surface area contributed by atoms with E-state index in [1.54, 1.807) is 0 Å². The van der Waals surface area contributed by atoms with Crippen LogP contribution >= 0.6 is 0 Å². The smallest absolute Gasteiger partial charge is 0.0670 e. The fourth-order valence-corrected chi connectivity index (χ4v) is 3.53. The van der Waals surface area contributed by atoms with E-state index in [0.29, 0.717) is 0 Å². The van der Waals surface area contributed by atoms with E-state index in [9.17, 15) is 0 Å². The highest BCUT2D eigenvalue weighted by Crippen LogP contribution is 2.40. The number of ether oxygens (including phenoxy) is 1. The summed E-state index contributed by atoms with van der Waals surface area (Å²) in [6.45, 7) is 10.9. The largest absolute Gasteiger partial charge is 0.375 e. The minimum Gasteiger partial charge on any atom is -0.375 e. The molecule has 0 spiro atoms. The minimum atomic E-state index is 0.0210. The summed E-state index contributed by atoms with van der Waals surface area (Å²) in [5, 5.41) is 0. The molecule has 2 fully saturated rings. The van der Waals surface area contributed by atoms with Crippen molar-refractivity contribution in [2.45, 2.75) is 70.4 Å². The van der Waals surface area contributed by atoms with Gasteiger partial charge in [0.15, 0.2) is 0 Å². The molecule has 1 aliphatic heterocycles. The minimum absolute atomic E-state index is 0.0210. The van der Waals surface area contributed by atoms with Crippen molar-refractivity contribution in [3.05, 3.63) is 0 Å². The van der Waals surface area contributed by atoms with Crippen molar-refractivity contribution in [3.8, 4) is 0 Å². The van der Waals surface area contributed by atoms with Crippen LogP contribution in [-0.4, -0.2) is 42.3 Å². The molecule has 0 radical (unpaired) electrons. The Kier molecular flexibility index (Phi) is 4.91. The lowest BCUT2D eigenvalue weighted by Crippen LogP contribution is -2.61. The molecule has 1 saturated carbocycles. The molecule has 0 amide bonds. The van der Waals surface area contributed by atoms with E-state index in [-0.39, 0.29) is 11.1 Å². The normalized spacial score (nSPS) is 35.8. The van der Waals surface area contributed by atoms with Gasteiger partial charge in [0.1, 0.15) is 0 Å². The van der Waals surface area contributed by atoms with Crippen molar-refractivity contribution >= 4 is 0 Å². The van der Waals surface area contributed by atoms with Gasteiger partial charge in [-0.15, -0.1) is 0 Å². The van der Waals surface area contributed by atoms with Gasteiger partial charge in [-0.3, -0.25) is 4.90 Å².